The van der Waals surface area contributed by atoms with Gasteiger partial charge in [-0.3, -0.25) is 4.90 Å². The minimum absolute atomic E-state index is 0.671. The first-order valence-corrected chi connectivity index (χ1v) is 4.83. The predicted octanol–water partition coefficient (Wildman–Crippen LogP) is 1.24. The van der Waals surface area contributed by atoms with E-state index >= 15 is 0 Å². The molecule has 0 bridgehead atoms. The van der Waals surface area contributed by atoms with Crippen molar-refractivity contribution in [3.8, 4) is 0 Å². The lowest BCUT2D eigenvalue weighted by Gasteiger charge is -2.38. The highest BCUT2D eigenvalue weighted by molar-refractivity contribution is 4.89. The van der Waals surface area contributed by atoms with Gasteiger partial charge in [0.2, 0.25) is 0 Å². The monoisotopic (exact) mass is 168 g/mol. The summed E-state index contributed by atoms with van der Waals surface area (Å²) in [4.78, 5) is 2.54. The second-order valence-electron chi connectivity index (χ2n) is 3.62. The van der Waals surface area contributed by atoms with Crippen LogP contribution in [0.4, 0.5) is 0 Å². The summed E-state index contributed by atoms with van der Waals surface area (Å²) in [6, 6.07) is 1.34. The van der Waals surface area contributed by atoms with Crippen LogP contribution < -0.4 is 5.32 Å². The van der Waals surface area contributed by atoms with Crippen molar-refractivity contribution < 1.29 is 0 Å². The second kappa shape index (κ2) is 4.63. The lowest BCUT2D eigenvalue weighted by Crippen LogP contribution is -2.54. The third-order valence-corrected chi connectivity index (χ3v) is 2.56. The van der Waals surface area contributed by atoms with Gasteiger partial charge in [0.15, 0.2) is 0 Å². The molecule has 1 aliphatic heterocycles. The normalized spacial score (nSPS) is 32.9. The Labute approximate surface area is 75.6 Å². The number of hydrogen-bond acceptors (Lipinski definition) is 2. The van der Waals surface area contributed by atoms with E-state index in [0.29, 0.717) is 12.1 Å². The fourth-order valence-electron chi connectivity index (χ4n) is 1.76. The third kappa shape index (κ3) is 2.32. The van der Waals surface area contributed by atoms with Crippen LogP contribution in [-0.4, -0.2) is 36.6 Å². The molecular formula is C10H20N2. The molecule has 0 spiro atoms. The Morgan fingerprint density at radius 1 is 1.33 bits per heavy atom. The lowest BCUT2D eigenvalue weighted by atomic mass is 10.1. The minimum atomic E-state index is 0.671. The van der Waals surface area contributed by atoms with Crippen LogP contribution in [0.3, 0.4) is 0 Å². The lowest BCUT2D eigenvalue weighted by molar-refractivity contribution is 0.133. The second-order valence-corrected chi connectivity index (χ2v) is 3.62. The molecule has 70 valence electrons. The van der Waals surface area contributed by atoms with Crippen LogP contribution in [0, 0.1) is 0 Å². The van der Waals surface area contributed by atoms with Crippen LogP contribution in [0.15, 0.2) is 12.2 Å². The Kier molecular flexibility index (Phi) is 3.76. The van der Waals surface area contributed by atoms with E-state index in [1.54, 1.807) is 0 Å². The van der Waals surface area contributed by atoms with Crippen molar-refractivity contribution in [2.75, 3.05) is 19.6 Å². The van der Waals surface area contributed by atoms with Crippen molar-refractivity contribution in [1.29, 1.82) is 0 Å². The highest BCUT2D eigenvalue weighted by Gasteiger charge is 2.22. The Balaban J connectivity index is 2.45. The van der Waals surface area contributed by atoms with Crippen molar-refractivity contribution in [1.82, 2.24) is 10.2 Å². The summed E-state index contributed by atoms with van der Waals surface area (Å²) in [6.45, 7) is 10.0. The Bertz CT molecular complexity index is 144. The maximum atomic E-state index is 3.42. The summed E-state index contributed by atoms with van der Waals surface area (Å²) in [7, 11) is 0. The molecule has 2 atom stereocenters. The number of nitrogens with one attached hydrogen (secondary N) is 1. The van der Waals surface area contributed by atoms with E-state index in [-0.39, 0.29) is 0 Å². The largest absolute Gasteiger partial charge is 0.314 e. The van der Waals surface area contributed by atoms with Gasteiger partial charge in [-0.05, 0) is 20.8 Å². The molecule has 0 aromatic heterocycles. The standard InChI is InChI=1S/C10H20N2/c1-4-5-6-12-9(2)7-11-8-10(12)3/h4-5,9-11H,6-8H2,1-3H3. The number of hydrogen-bond donors (Lipinski definition) is 1. The molecule has 0 saturated carbocycles. The number of rotatable bonds is 2. The molecule has 1 N–H and O–H groups in total. The highest BCUT2D eigenvalue weighted by atomic mass is 15.2. The quantitative estimate of drug-likeness (QED) is 0.624. The smallest absolute Gasteiger partial charge is 0.0199 e. The van der Waals surface area contributed by atoms with Gasteiger partial charge >= 0.3 is 0 Å². The number of piperazine rings is 1. The van der Waals surface area contributed by atoms with Crippen molar-refractivity contribution in [2.24, 2.45) is 0 Å². The molecule has 0 amide bonds. The van der Waals surface area contributed by atoms with Gasteiger partial charge in [0, 0.05) is 31.7 Å². The highest BCUT2D eigenvalue weighted by Crippen LogP contribution is 2.08. The van der Waals surface area contributed by atoms with Gasteiger partial charge in [-0.25, -0.2) is 0 Å². The first-order chi connectivity index (χ1) is 5.75. The molecule has 2 nitrogen and oxygen atoms in total. The molecule has 0 aromatic carbocycles. The van der Waals surface area contributed by atoms with Crippen LogP contribution in [0.5, 0.6) is 0 Å². The molecule has 1 rings (SSSR count). The fraction of sp³-hybridized carbons (Fsp3) is 0.800. The van der Waals surface area contributed by atoms with E-state index in [2.05, 4.69) is 43.1 Å². The average molecular weight is 168 g/mol. The van der Waals surface area contributed by atoms with Gasteiger partial charge in [0.25, 0.3) is 0 Å². The van der Waals surface area contributed by atoms with Gasteiger partial charge in [-0.1, -0.05) is 12.2 Å². The first kappa shape index (κ1) is 9.75. The van der Waals surface area contributed by atoms with Crippen molar-refractivity contribution in [3.05, 3.63) is 12.2 Å². The van der Waals surface area contributed by atoms with Crippen molar-refractivity contribution >= 4 is 0 Å². The van der Waals surface area contributed by atoms with E-state index < -0.39 is 0 Å². The molecule has 1 fully saturated rings. The van der Waals surface area contributed by atoms with E-state index in [1.807, 2.05) is 0 Å². The van der Waals surface area contributed by atoms with E-state index in [4.69, 9.17) is 0 Å². The first-order valence-electron chi connectivity index (χ1n) is 4.83. The summed E-state index contributed by atoms with van der Waals surface area (Å²) < 4.78 is 0. The zero-order chi connectivity index (χ0) is 8.97. The molecule has 2 unspecified atom stereocenters. The van der Waals surface area contributed by atoms with E-state index in [1.165, 1.54) is 0 Å². The Morgan fingerprint density at radius 2 is 1.92 bits per heavy atom. The van der Waals surface area contributed by atoms with Gasteiger partial charge < -0.3 is 5.32 Å². The van der Waals surface area contributed by atoms with Crippen molar-refractivity contribution in [3.63, 3.8) is 0 Å². The van der Waals surface area contributed by atoms with Crippen LogP contribution in [0.25, 0.3) is 0 Å². The molecule has 12 heavy (non-hydrogen) atoms. The SMILES string of the molecule is CC=CCN1C(C)CNCC1C. The van der Waals surface area contributed by atoms with Crippen LogP contribution >= 0.6 is 0 Å². The zero-order valence-electron chi connectivity index (χ0n) is 8.38. The molecule has 2 heteroatoms. The summed E-state index contributed by atoms with van der Waals surface area (Å²) in [5.74, 6) is 0. The zero-order valence-corrected chi connectivity index (χ0v) is 8.38. The molecule has 0 aliphatic carbocycles. The predicted molar refractivity (Wildman–Crippen MR) is 53.3 cm³/mol. The topological polar surface area (TPSA) is 15.3 Å². The molecular weight excluding hydrogens is 148 g/mol. The third-order valence-electron chi connectivity index (χ3n) is 2.56. The molecule has 1 heterocycles. The molecule has 0 radical (unpaired) electrons. The fourth-order valence-corrected chi connectivity index (χ4v) is 1.76. The van der Waals surface area contributed by atoms with Crippen LogP contribution in [-0.2, 0) is 0 Å². The number of nitrogens with zero attached hydrogens (tertiary/aromatic N) is 1. The molecule has 1 saturated heterocycles. The van der Waals surface area contributed by atoms with Crippen molar-refractivity contribution in [2.45, 2.75) is 32.9 Å². The van der Waals surface area contributed by atoms with E-state index in [0.717, 1.165) is 19.6 Å². The average Bonchev–Trinajstić information content (AvgIpc) is 2.04. The molecule has 1 aliphatic rings. The summed E-state index contributed by atoms with van der Waals surface area (Å²) in [5.41, 5.74) is 0. The summed E-state index contributed by atoms with van der Waals surface area (Å²) >= 11 is 0. The van der Waals surface area contributed by atoms with Gasteiger partial charge in [-0.2, -0.15) is 0 Å². The maximum absolute atomic E-state index is 3.42. The Hall–Kier alpha value is -0.340. The molecule has 0 aromatic rings. The van der Waals surface area contributed by atoms with Gasteiger partial charge in [-0.15, -0.1) is 0 Å². The minimum Gasteiger partial charge on any atom is -0.314 e. The maximum Gasteiger partial charge on any atom is 0.0199 e. The van der Waals surface area contributed by atoms with Crippen LogP contribution in [0.1, 0.15) is 20.8 Å². The van der Waals surface area contributed by atoms with E-state index in [9.17, 15) is 0 Å². The summed E-state index contributed by atoms with van der Waals surface area (Å²) in [5, 5.41) is 3.42. The Morgan fingerprint density at radius 3 is 2.42 bits per heavy atom. The van der Waals surface area contributed by atoms with Gasteiger partial charge in [0.1, 0.15) is 0 Å². The van der Waals surface area contributed by atoms with Crippen LogP contribution in [0.2, 0.25) is 0 Å². The number of allylic oxidation sites excluding steroid dienone is 1. The van der Waals surface area contributed by atoms with Gasteiger partial charge in [0.05, 0.1) is 0 Å². The summed E-state index contributed by atoms with van der Waals surface area (Å²) in [6.07, 6.45) is 4.36.